The van der Waals surface area contributed by atoms with Crippen molar-refractivity contribution in [1.82, 2.24) is 10.2 Å². The Labute approximate surface area is 134 Å². The van der Waals surface area contributed by atoms with E-state index < -0.39 is 12.2 Å². The summed E-state index contributed by atoms with van der Waals surface area (Å²) in [4.78, 5) is 26.5. The zero-order valence-electron chi connectivity index (χ0n) is 13.7. The lowest BCUT2D eigenvalue weighted by Gasteiger charge is -2.16. The van der Waals surface area contributed by atoms with Crippen LogP contribution in [-0.2, 0) is 4.74 Å². The van der Waals surface area contributed by atoms with Gasteiger partial charge in [-0.3, -0.25) is 4.90 Å². The second-order valence-corrected chi connectivity index (χ2v) is 5.24. The number of cyclic esters (lactones) is 1. The lowest BCUT2D eigenvalue weighted by Crippen LogP contribution is -2.40. The number of rotatable bonds is 5. The fourth-order valence-corrected chi connectivity index (χ4v) is 2.19. The van der Waals surface area contributed by atoms with Crippen molar-refractivity contribution < 1.29 is 23.8 Å². The average molecular weight is 323 g/mol. The molecule has 1 unspecified atom stereocenters. The Kier molecular flexibility index (Phi) is 5.15. The fourth-order valence-electron chi connectivity index (χ4n) is 2.19. The van der Waals surface area contributed by atoms with Crippen LogP contribution in [-0.4, -0.2) is 64.5 Å². The number of anilines is 1. The highest BCUT2D eigenvalue weighted by atomic mass is 16.6. The standard InChI is InChI=1S/C15H21N3O5/c1-17(2)14(19)16-8-11-9-18(15(20)23-11)10-5-6-12(21-3)13(7-10)22-4/h5-7,11H,8-9H2,1-4H3,(H,16,19). The molecule has 8 nitrogen and oxygen atoms in total. The van der Waals surface area contributed by atoms with E-state index in [1.54, 1.807) is 39.4 Å². The van der Waals surface area contributed by atoms with E-state index in [2.05, 4.69) is 5.32 Å². The van der Waals surface area contributed by atoms with E-state index in [1.807, 2.05) is 0 Å². The third kappa shape index (κ3) is 3.77. The zero-order chi connectivity index (χ0) is 17.0. The van der Waals surface area contributed by atoms with Crippen LogP contribution in [0.3, 0.4) is 0 Å². The van der Waals surface area contributed by atoms with Crippen LogP contribution in [0.2, 0.25) is 0 Å². The molecule has 1 aromatic rings. The summed E-state index contributed by atoms with van der Waals surface area (Å²) in [5, 5.41) is 2.70. The van der Waals surface area contributed by atoms with Crippen LogP contribution in [0.25, 0.3) is 0 Å². The number of carbonyl (C=O) groups is 2. The Morgan fingerprint density at radius 2 is 2.04 bits per heavy atom. The molecule has 8 heteroatoms. The largest absolute Gasteiger partial charge is 0.493 e. The molecule has 1 fully saturated rings. The van der Waals surface area contributed by atoms with Gasteiger partial charge in [-0.25, -0.2) is 9.59 Å². The summed E-state index contributed by atoms with van der Waals surface area (Å²) in [6.07, 6.45) is -0.860. The van der Waals surface area contributed by atoms with E-state index in [1.165, 1.54) is 16.9 Å². The summed E-state index contributed by atoms with van der Waals surface area (Å²) in [6, 6.07) is 4.96. The van der Waals surface area contributed by atoms with Crippen LogP contribution in [0.15, 0.2) is 18.2 Å². The monoisotopic (exact) mass is 323 g/mol. The van der Waals surface area contributed by atoms with E-state index in [0.29, 0.717) is 23.7 Å². The number of nitrogens with zero attached hydrogens (tertiary/aromatic N) is 2. The predicted octanol–water partition coefficient (Wildman–Crippen LogP) is 1.30. The topological polar surface area (TPSA) is 80.3 Å². The number of urea groups is 1. The maximum Gasteiger partial charge on any atom is 0.414 e. The summed E-state index contributed by atoms with van der Waals surface area (Å²) in [5.41, 5.74) is 0.647. The van der Waals surface area contributed by atoms with Gasteiger partial charge in [-0.15, -0.1) is 0 Å². The minimum absolute atomic E-state index is 0.231. The minimum Gasteiger partial charge on any atom is -0.493 e. The van der Waals surface area contributed by atoms with Crippen molar-refractivity contribution in [2.75, 3.05) is 46.3 Å². The normalized spacial score (nSPS) is 16.8. The van der Waals surface area contributed by atoms with Crippen LogP contribution in [0.5, 0.6) is 11.5 Å². The first kappa shape index (κ1) is 16.7. The van der Waals surface area contributed by atoms with Crippen molar-refractivity contribution in [3.05, 3.63) is 18.2 Å². The van der Waals surface area contributed by atoms with Gasteiger partial charge in [0, 0.05) is 20.2 Å². The van der Waals surface area contributed by atoms with E-state index in [4.69, 9.17) is 14.2 Å². The van der Waals surface area contributed by atoms with Gasteiger partial charge in [0.25, 0.3) is 0 Å². The summed E-state index contributed by atoms with van der Waals surface area (Å²) in [7, 11) is 6.37. The van der Waals surface area contributed by atoms with Gasteiger partial charge in [-0.05, 0) is 12.1 Å². The fraction of sp³-hybridized carbons (Fsp3) is 0.467. The molecule has 1 atom stereocenters. The molecule has 2 rings (SSSR count). The van der Waals surface area contributed by atoms with Gasteiger partial charge < -0.3 is 24.4 Å². The number of carbonyl (C=O) groups excluding carboxylic acids is 2. The van der Waals surface area contributed by atoms with Gasteiger partial charge in [0.2, 0.25) is 0 Å². The van der Waals surface area contributed by atoms with Gasteiger partial charge in [0.05, 0.1) is 33.0 Å². The molecule has 1 saturated heterocycles. The molecule has 3 amide bonds. The summed E-state index contributed by atoms with van der Waals surface area (Å²) < 4.78 is 15.7. The number of hydrogen-bond donors (Lipinski definition) is 1. The number of methoxy groups -OCH3 is 2. The third-order valence-electron chi connectivity index (χ3n) is 3.44. The Hall–Kier alpha value is -2.64. The van der Waals surface area contributed by atoms with Crippen molar-refractivity contribution in [3.8, 4) is 11.5 Å². The Balaban J connectivity index is 2.04. The average Bonchev–Trinajstić information content (AvgIpc) is 2.92. The SMILES string of the molecule is COc1ccc(N2CC(CNC(=O)N(C)C)OC2=O)cc1OC. The van der Waals surface area contributed by atoms with E-state index in [9.17, 15) is 9.59 Å². The molecule has 23 heavy (non-hydrogen) atoms. The molecule has 1 aliphatic rings. The Bertz CT molecular complexity index is 590. The second kappa shape index (κ2) is 7.08. The number of nitrogens with one attached hydrogen (secondary N) is 1. The number of ether oxygens (including phenoxy) is 3. The highest BCUT2D eigenvalue weighted by molar-refractivity contribution is 5.90. The molecule has 1 heterocycles. The Morgan fingerprint density at radius 3 is 2.65 bits per heavy atom. The van der Waals surface area contributed by atoms with E-state index in [-0.39, 0.29) is 12.6 Å². The molecule has 0 aliphatic carbocycles. The predicted molar refractivity (Wildman–Crippen MR) is 84.2 cm³/mol. The molecule has 0 saturated carbocycles. The molecule has 1 aromatic carbocycles. The first-order valence-electron chi connectivity index (χ1n) is 7.11. The van der Waals surface area contributed by atoms with Crippen molar-refractivity contribution in [3.63, 3.8) is 0 Å². The van der Waals surface area contributed by atoms with Gasteiger partial charge in [-0.2, -0.15) is 0 Å². The smallest absolute Gasteiger partial charge is 0.414 e. The molecule has 0 spiro atoms. The van der Waals surface area contributed by atoms with Crippen molar-refractivity contribution in [2.24, 2.45) is 0 Å². The number of amides is 3. The van der Waals surface area contributed by atoms with Crippen LogP contribution in [0, 0.1) is 0 Å². The quantitative estimate of drug-likeness (QED) is 0.883. The molecule has 1 aliphatic heterocycles. The summed E-state index contributed by atoms with van der Waals surface area (Å²) in [5.74, 6) is 1.11. The highest BCUT2D eigenvalue weighted by Crippen LogP contribution is 2.33. The van der Waals surface area contributed by atoms with E-state index in [0.717, 1.165) is 0 Å². The van der Waals surface area contributed by atoms with Gasteiger partial charge in [0.1, 0.15) is 6.10 Å². The first-order chi connectivity index (χ1) is 11.0. The number of hydrogen-bond acceptors (Lipinski definition) is 5. The van der Waals surface area contributed by atoms with Gasteiger partial charge in [-0.1, -0.05) is 0 Å². The minimum atomic E-state index is -0.457. The molecule has 0 bridgehead atoms. The highest BCUT2D eigenvalue weighted by Gasteiger charge is 2.33. The molecule has 126 valence electrons. The number of benzene rings is 1. The lowest BCUT2D eigenvalue weighted by molar-refractivity contribution is 0.139. The molecule has 0 aromatic heterocycles. The van der Waals surface area contributed by atoms with Crippen molar-refractivity contribution in [1.29, 1.82) is 0 Å². The Morgan fingerprint density at radius 1 is 1.35 bits per heavy atom. The zero-order valence-corrected chi connectivity index (χ0v) is 13.7. The summed E-state index contributed by atoms with van der Waals surface area (Å²) in [6.45, 7) is 0.606. The maximum absolute atomic E-state index is 12.0. The molecule has 0 radical (unpaired) electrons. The van der Waals surface area contributed by atoms with E-state index >= 15 is 0 Å². The van der Waals surface area contributed by atoms with Crippen molar-refractivity contribution in [2.45, 2.75) is 6.10 Å². The van der Waals surface area contributed by atoms with Crippen molar-refractivity contribution >= 4 is 17.8 Å². The lowest BCUT2D eigenvalue weighted by atomic mass is 10.2. The van der Waals surface area contributed by atoms with Crippen LogP contribution >= 0.6 is 0 Å². The first-order valence-corrected chi connectivity index (χ1v) is 7.11. The summed E-state index contributed by atoms with van der Waals surface area (Å²) >= 11 is 0. The van der Waals surface area contributed by atoms with Crippen LogP contribution in [0.4, 0.5) is 15.3 Å². The van der Waals surface area contributed by atoms with Crippen LogP contribution < -0.4 is 19.7 Å². The second-order valence-electron chi connectivity index (χ2n) is 5.24. The van der Waals surface area contributed by atoms with Gasteiger partial charge >= 0.3 is 12.1 Å². The molecular weight excluding hydrogens is 302 g/mol. The third-order valence-corrected chi connectivity index (χ3v) is 3.44. The molecular formula is C15H21N3O5. The molecule has 1 N–H and O–H groups in total. The van der Waals surface area contributed by atoms with Crippen LogP contribution in [0.1, 0.15) is 0 Å². The van der Waals surface area contributed by atoms with Gasteiger partial charge in [0.15, 0.2) is 11.5 Å². The maximum atomic E-state index is 12.0.